The van der Waals surface area contributed by atoms with Gasteiger partial charge in [0, 0.05) is 6.20 Å². The quantitative estimate of drug-likeness (QED) is 0.497. The number of nitrogens with one attached hydrogen (secondary N) is 1. The summed E-state index contributed by atoms with van der Waals surface area (Å²) in [6.07, 6.45) is 3.43. The number of hydrogen-bond donors (Lipinski definition) is 1. The average molecular weight is 468 g/mol. The van der Waals surface area contributed by atoms with Crippen molar-refractivity contribution in [2.75, 3.05) is 0 Å². The molecule has 0 saturated carbocycles. The summed E-state index contributed by atoms with van der Waals surface area (Å²) >= 11 is 4.55. The summed E-state index contributed by atoms with van der Waals surface area (Å²) in [5, 5.41) is 4.44. The Kier molecular flexibility index (Phi) is 6.52. The van der Waals surface area contributed by atoms with Crippen LogP contribution in [0.1, 0.15) is 38.4 Å². The number of para-hydroxylation sites is 1. The van der Waals surface area contributed by atoms with E-state index in [0.717, 1.165) is 28.0 Å². The first-order valence-electron chi connectivity index (χ1n) is 8.83. The van der Waals surface area contributed by atoms with E-state index in [4.69, 9.17) is 0 Å². The van der Waals surface area contributed by atoms with Gasteiger partial charge < -0.3 is 0 Å². The monoisotopic (exact) mass is 467 g/mol. The number of aromatic nitrogens is 2. The minimum Gasteiger partial charge on any atom is -0.236 e. The molecule has 3 rings (SSSR count). The predicted octanol–water partition coefficient (Wildman–Crippen LogP) is 5.15. The molecule has 0 bridgehead atoms. The smallest absolute Gasteiger partial charge is 0.236 e. The zero-order valence-corrected chi connectivity index (χ0v) is 18.4. The third kappa shape index (κ3) is 4.51. The summed E-state index contributed by atoms with van der Waals surface area (Å²) in [5.74, 6) is 0.155. The van der Waals surface area contributed by atoms with E-state index in [-0.39, 0.29) is 12.0 Å². The van der Waals surface area contributed by atoms with Gasteiger partial charge in [-0.25, -0.2) is 17.8 Å². The molecule has 0 aliphatic heterocycles. The van der Waals surface area contributed by atoms with E-state index in [2.05, 4.69) is 39.6 Å². The topological polar surface area (TPSA) is 64.0 Å². The highest BCUT2D eigenvalue weighted by atomic mass is 79.9. The molecule has 27 heavy (non-hydrogen) atoms. The molecule has 5 nitrogen and oxygen atoms in total. The number of nitrogens with zero attached hydrogens (tertiary/aromatic N) is 2. The van der Waals surface area contributed by atoms with Crippen molar-refractivity contribution in [1.82, 2.24) is 14.5 Å². The van der Waals surface area contributed by atoms with Crippen LogP contribution in [0, 0.1) is 5.92 Å². The summed E-state index contributed by atoms with van der Waals surface area (Å²) < 4.78 is 31.8. The number of sulfonamides is 1. The zero-order chi connectivity index (χ0) is 19.4. The Hall–Kier alpha value is -1.48. The highest BCUT2D eigenvalue weighted by Gasteiger charge is 2.30. The van der Waals surface area contributed by atoms with E-state index < -0.39 is 10.0 Å². The van der Waals surface area contributed by atoms with Crippen LogP contribution < -0.4 is 4.72 Å². The first kappa shape index (κ1) is 20.3. The molecule has 0 radical (unpaired) electrons. The molecule has 8 heteroatoms. The Bertz CT molecular complexity index is 979. The van der Waals surface area contributed by atoms with Crippen molar-refractivity contribution >= 4 is 37.3 Å². The van der Waals surface area contributed by atoms with Gasteiger partial charge in [0.15, 0.2) is 0 Å². The molecule has 1 unspecified atom stereocenters. The summed E-state index contributed by atoms with van der Waals surface area (Å²) in [6.45, 7) is 4.17. The van der Waals surface area contributed by atoms with Crippen LogP contribution in [0.2, 0.25) is 0 Å². The van der Waals surface area contributed by atoms with Crippen molar-refractivity contribution in [2.45, 2.75) is 36.9 Å². The van der Waals surface area contributed by atoms with Crippen LogP contribution in [0.3, 0.4) is 0 Å². The first-order chi connectivity index (χ1) is 13.0. The van der Waals surface area contributed by atoms with Crippen molar-refractivity contribution < 1.29 is 8.42 Å². The second kappa shape index (κ2) is 8.68. The standard InChI is InChI=1S/C19H22BrN3O2S2/c1-3-14(4-2)19(22-27(24,25)18-11-10-17(20)26-18)16-12-13-21-23(16)15-8-6-5-7-9-15/h5-14,19,22H,3-4H2,1-2H3. The fourth-order valence-electron chi connectivity index (χ4n) is 3.16. The lowest BCUT2D eigenvalue weighted by Gasteiger charge is -2.27. The Morgan fingerprint density at radius 2 is 1.81 bits per heavy atom. The second-order valence-electron chi connectivity index (χ2n) is 6.24. The molecule has 2 heterocycles. The highest BCUT2D eigenvalue weighted by Crippen LogP contribution is 2.32. The highest BCUT2D eigenvalue weighted by molar-refractivity contribution is 9.11. The van der Waals surface area contributed by atoms with Gasteiger partial charge in [-0.3, -0.25) is 0 Å². The molecule has 0 saturated heterocycles. The molecule has 144 valence electrons. The zero-order valence-electron chi connectivity index (χ0n) is 15.2. The second-order valence-corrected chi connectivity index (χ2v) is 10.6. The average Bonchev–Trinajstić information content (AvgIpc) is 3.32. The van der Waals surface area contributed by atoms with Gasteiger partial charge in [-0.2, -0.15) is 5.10 Å². The van der Waals surface area contributed by atoms with Gasteiger partial charge in [-0.1, -0.05) is 44.9 Å². The van der Waals surface area contributed by atoms with E-state index in [9.17, 15) is 8.42 Å². The summed E-state index contributed by atoms with van der Waals surface area (Å²) in [4.78, 5) is 0. The van der Waals surface area contributed by atoms with Crippen LogP contribution in [0.5, 0.6) is 0 Å². The Balaban J connectivity index is 2.02. The normalized spacial score (nSPS) is 13.2. The number of thiophene rings is 1. The lowest BCUT2D eigenvalue weighted by molar-refractivity contribution is 0.366. The number of benzene rings is 1. The van der Waals surface area contributed by atoms with Gasteiger partial charge in [-0.05, 0) is 52.2 Å². The van der Waals surface area contributed by atoms with E-state index in [1.807, 2.05) is 41.1 Å². The minimum atomic E-state index is -3.63. The molecule has 1 aromatic carbocycles. The van der Waals surface area contributed by atoms with Gasteiger partial charge in [0.1, 0.15) is 4.21 Å². The molecule has 0 spiro atoms. The molecule has 0 amide bonds. The van der Waals surface area contributed by atoms with Crippen molar-refractivity contribution in [1.29, 1.82) is 0 Å². The maximum absolute atomic E-state index is 13.0. The van der Waals surface area contributed by atoms with Crippen LogP contribution in [0.15, 0.2) is 62.7 Å². The molecule has 1 atom stereocenters. The van der Waals surface area contributed by atoms with Crippen LogP contribution in [-0.2, 0) is 10.0 Å². The maximum atomic E-state index is 13.0. The van der Waals surface area contributed by atoms with Crippen molar-refractivity contribution in [3.8, 4) is 5.69 Å². The first-order valence-corrected chi connectivity index (χ1v) is 11.9. The van der Waals surface area contributed by atoms with E-state index >= 15 is 0 Å². The van der Waals surface area contributed by atoms with Gasteiger partial charge >= 0.3 is 0 Å². The summed E-state index contributed by atoms with van der Waals surface area (Å²) in [7, 11) is -3.63. The molecule has 3 aromatic rings. The number of hydrogen-bond acceptors (Lipinski definition) is 4. The number of halogens is 1. The molecule has 1 N–H and O–H groups in total. The lowest BCUT2D eigenvalue weighted by atomic mass is 9.92. The van der Waals surface area contributed by atoms with Crippen LogP contribution in [0.4, 0.5) is 0 Å². The molecule has 0 aliphatic carbocycles. The van der Waals surface area contributed by atoms with Crippen molar-refractivity contribution in [3.05, 3.63) is 64.2 Å². The van der Waals surface area contributed by atoms with E-state index in [1.165, 1.54) is 11.3 Å². The SMILES string of the molecule is CCC(CC)C(NS(=O)(=O)c1ccc(Br)s1)c1ccnn1-c1ccccc1. The van der Waals surface area contributed by atoms with Gasteiger partial charge in [-0.15, -0.1) is 11.3 Å². The lowest BCUT2D eigenvalue weighted by Crippen LogP contribution is -2.34. The Morgan fingerprint density at radius 3 is 2.41 bits per heavy atom. The Labute approximate surface area is 172 Å². The van der Waals surface area contributed by atoms with Crippen LogP contribution in [-0.4, -0.2) is 18.2 Å². The van der Waals surface area contributed by atoms with Crippen molar-refractivity contribution in [2.24, 2.45) is 5.92 Å². The maximum Gasteiger partial charge on any atom is 0.250 e. The van der Waals surface area contributed by atoms with Crippen molar-refractivity contribution in [3.63, 3.8) is 0 Å². The molecule has 0 fully saturated rings. The summed E-state index contributed by atoms with van der Waals surface area (Å²) in [6, 6.07) is 14.7. The van der Waals surface area contributed by atoms with E-state index in [1.54, 1.807) is 18.3 Å². The fourth-order valence-corrected chi connectivity index (χ4v) is 6.46. The third-order valence-corrected chi connectivity index (χ3v) is 8.16. The Morgan fingerprint density at radius 1 is 1.11 bits per heavy atom. The molecular weight excluding hydrogens is 446 g/mol. The molecular formula is C19H22BrN3O2S2. The van der Waals surface area contributed by atoms with Crippen LogP contribution >= 0.6 is 27.3 Å². The predicted molar refractivity (Wildman–Crippen MR) is 113 cm³/mol. The van der Waals surface area contributed by atoms with E-state index in [0.29, 0.717) is 4.21 Å². The third-order valence-electron chi connectivity index (χ3n) is 4.61. The fraction of sp³-hybridized carbons (Fsp3) is 0.316. The number of rotatable bonds is 8. The molecule has 2 aromatic heterocycles. The largest absolute Gasteiger partial charge is 0.250 e. The van der Waals surface area contributed by atoms with Gasteiger partial charge in [0.2, 0.25) is 0 Å². The minimum absolute atomic E-state index is 0.155. The van der Waals surface area contributed by atoms with Gasteiger partial charge in [0.05, 0.1) is 21.2 Å². The van der Waals surface area contributed by atoms with Gasteiger partial charge in [0.25, 0.3) is 10.0 Å². The molecule has 0 aliphatic rings. The summed E-state index contributed by atoms with van der Waals surface area (Å²) in [5.41, 5.74) is 1.75. The van der Waals surface area contributed by atoms with Crippen LogP contribution in [0.25, 0.3) is 5.69 Å².